The average molecular weight is 288 g/mol. The third-order valence-corrected chi connectivity index (χ3v) is 5.13. The van der Waals surface area contributed by atoms with Crippen LogP contribution in [0.1, 0.15) is 10.8 Å². The molecule has 0 bridgehead atoms. The summed E-state index contributed by atoms with van der Waals surface area (Å²) in [4.78, 5) is 0.292. The van der Waals surface area contributed by atoms with Crippen LogP contribution in [0, 0.1) is 0 Å². The maximum Gasteiger partial charge on any atom is 0.188 e. The summed E-state index contributed by atoms with van der Waals surface area (Å²) in [6, 6.07) is 15.4. The molecular formula is C16H16O3S. The molecule has 0 N–H and O–H groups in total. The van der Waals surface area contributed by atoms with E-state index in [9.17, 15) is 8.42 Å². The van der Waals surface area contributed by atoms with Gasteiger partial charge in [-0.1, -0.05) is 36.4 Å². The number of benzene rings is 2. The highest BCUT2D eigenvalue weighted by Crippen LogP contribution is 2.30. The Balaban J connectivity index is 2.43. The standard InChI is InChI=1S/C16H16O3S/c1-3-16(13-9-11-14(19-2)12-10-13)20(17,18)15-7-5-4-6-8-15/h3-12,16H,1H2,2H3. The minimum atomic E-state index is -3.48. The fraction of sp³-hybridized carbons (Fsp3) is 0.125. The van der Waals surface area contributed by atoms with Crippen molar-refractivity contribution in [2.45, 2.75) is 10.1 Å². The average Bonchev–Trinajstić information content (AvgIpc) is 2.49. The first-order valence-corrected chi connectivity index (χ1v) is 7.69. The summed E-state index contributed by atoms with van der Waals surface area (Å²) in [6.45, 7) is 3.66. The van der Waals surface area contributed by atoms with Crippen molar-refractivity contribution in [1.82, 2.24) is 0 Å². The quantitative estimate of drug-likeness (QED) is 0.792. The molecule has 2 aromatic carbocycles. The van der Waals surface area contributed by atoms with Gasteiger partial charge in [0.25, 0.3) is 0 Å². The Morgan fingerprint density at radius 3 is 2.15 bits per heavy atom. The van der Waals surface area contributed by atoms with E-state index in [0.717, 1.165) is 0 Å². The molecule has 0 aliphatic carbocycles. The van der Waals surface area contributed by atoms with Gasteiger partial charge in [0.15, 0.2) is 9.84 Å². The van der Waals surface area contributed by atoms with Crippen LogP contribution in [0.5, 0.6) is 5.75 Å². The predicted octanol–water partition coefficient (Wildman–Crippen LogP) is 3.40. The number of sulfone groups is 1. The molecule has 4 heteroatoms. The van der Waals surface area contributed by atoms with Gasteiger partial charge in [-0.2, -0.15) is 0 Å². The zero-order valence-electron chi connectivity index (χ0n) is 11.2. The van der Waals surface area contributed by atoms with Crippen molar-refractivity contribution < 1.29 is 13.2 Å². The molecule has 0 spiro atoms. The first-order chi connectivity index (χ1) is 9.59. The molecule has 20 heavy (non-hydrogen) atoms. The number of hydrogen-bond donors (Lipinski definition) is 0. The Bertz CT molecular complexity index is 673. The molecule has 3 nitrogen and oxygen atoms in total. The lowest BCUT2D eigenvalue weighted by atomic mass is 10.1. The van der Waals surface area contributed by atoms with Gasteiger partial charge in [0.1, 0.15) is 11.0 Å². The Morgan fingerprint density at radius 1 is 1.05 bits per heavy atom. The second kappa shape index (κ2) is 5.92. The van der Waals surface area contributed by atoms with Crippen molar-refractivity contribution in [3.8, 4) is 5.75 Å². The molecule has 104 valence electrons. The normalized spacial score (nSPS) is 12.7. The van der Waals surface area contributed by atoms with E-state index in [0.29, 0.717) is 16.2 Å². The summed E-state index contributed by atoms with van der Waals surface area (Å²) in [5.41, 5.74) is 0.671. The van der Waals surface area contributed by atoms with Gasteiger partial charge in [-0.05, 0) is 29.8 Å². The lowest BCUT2D eigenvalue weighted by molar-refractivity contribution is 0.414. The first kappa shape index (κ1) is 14.3. The van der Waals surface area contributed by atoms with Crippen molar-refractivity contribution in [3.63, 3.8) is 0 Å². The van der Waals surface area contributed by atoms with Gasteiger partial charge in [-0.15, -0.1) is 6.58 Å². The van der Waals surface area contributed by atoms with Crippen molar-refractivity contribution in [2.75, 3.05) is 7.11 Å². The summed E-state index contributed by atoms with van der Waals surface area (Å²) in [6.07, 6.45) is 1.45. The molecule has 2 rings (SSSR count). The number of ether oxygens (including phenoxy) is 1. The van der Waals surface area contributed by atoms with E-state index in [2.05, 4.69) is 6.58 Å². The van der Waals surface area contributed by atoms with Gasteiger partial charge in [0.2, 0.25) is 0 Å². The second-order valence-electron chi connectivity index (χ2n) is 4.29. The molecular weight excluding hydrogens is 272 g/mol. The molecule has 0 amide bonds. The minimum Gasteiger partial charge on any atom is -0.497 e. The van der Waals surface area contributed by atoms with E-state index in [1.807, 2.05) is 0 Å². The first-order valence-electron chi connectivity index (χ1n) is 6.15. The SMILES string of the molecule is C=CC(c1ccc(OC)cc1)S(=O)(=O)c1ccccc1. The van der Waals surface area contributed by atoms with Gasteiger partial charge >= 0.3 is 0 Å². The number of rotatable bonds is 5. The van der Waals surface area contributed by atoms with Gasteiger partial charge < -0.3 is 4.74 Å². The van der Waals surface area contributed by atoms with Gasteiger partial charge in [-0.25, -0.2) is 8.42 Å². The second-order valence-corrected chi connectivity index (χ2v) is 6.36. The summed E-state index contributed by atoms with van der Waals surface area (Å²) in [7, 11) is -1.91. The molecule has 0 radical (unpaired) electrons. The molecule has 1 unspecified atom stereocenters. The topological polar surface area (TPSA) is 43.4 Å². The van der Waals surface area contributed by atoms with E-state index >= 15 is 0 Å². The Kier molecular flexibility index (Phi) is 4.25. The van der Waals surface area contributed by atoms with Crippen molar-refractivity contribution in [2.24, 2.45) is 0 Å². The van der Waals surface area contributed by atoms with Gasteiger partial charge in [-0.3, -0.25) is 0 Å². The number of hydrogen-bond acceptors (Lipinski definition) is 3. The lowest BCUT2D eigenvalue weighted by Gasteiger charge is -2.14. The zero-order chi connectivity index (χ0) is 14.6. The van der Waals surface area contributed by atoms with Crippen LogP contribution in [0.2, 0.25) is 0 Å². The monoisotopic (exact) mass is 288 g/mol. The van der Waals surface area contributed by atoms with E-state index in [1.165, 1.54) is 6.08 Å². The maximum atomic E-state index is 12.6. The van der Waals surface area contributed by atoms with Crippen LogP contribution in [0.15, 0.2) is 72.1 Å². The molecule has 0 heterocycles. The predicted molar refractivity (Wildman–Crippen MR) is 79.6 cm³/mol. The summed E-state index contributed by atoms with van der Waals surface area (Å²) in [5.74, 6) is 0.689. The molecule has 0 fully saturated rings. The fourth-order valence-electron chi connectivity index (χ4n) is 1.99. The zero-order valence-corrected chi connectivity index (χ0v) is 12.0. The molecule has 2 aromatic rings. The van der Waals surface area contributed by atoms with Crippen molar-refractivity contribution in [1.29, 1.82) is 0 Å². The van der Waals surface area contributed by atoms with Crippen molar-refractivity contribution in [3.05, 3.63) is 72.8 Å². The van der Waals surface area contributed by atoms with Crippen LogP contribution in [0.3, 0.4) is 0 Å². The Labute approximate surface area is 119 Å². The van der Waals surface area contributed by atoms with E-state index in [-0.39, 0.29) is 0 Å². The highest BCUT2D eigenvalue weighted by Gasteiger charge is 2.26. The van der Waals surface area contributed by atoms with Crippen LogP contribution >= 0.6 is 0 Å². The van der Waals surface area contributed by atoms with Gasteiger partial charge in [0, 0.05) is 0 Å². The molecule has 0 aliphatic rings. The highest BCUT2D eigenvalue weighted by molar-refractivity contribution is 7.91. The van der Waals surface area contributed by atoms with Crippen LogP contribution in [-0.2, 0) is 9.84 Å². The number of methoxy groups -OCH3 is 1. The van der Waals surface area contributed by atoms with E-state index in [4.69, 9.17) is 4.74 Å². The summed E-state index contributed by atoms with van der Waals surface area (Å²) < 4.78 is 30.3. The molecule has 0 saturated heterocycles. The molecule has 1 atom stereocenters. The molecule has 0 aliphatic heterocycles. The van der Waals surface area contributed by atoms with Crippen LogP contribution in [-0.4, -0.2) is 15.5 Å². The van der Waals surface area contributed by atoms with Gasteiger partial charge in [0.05, 0.1) is 12.0 Å². The highest BCUT2D eigenvalue weighted by atomic mass is 32.2. The van der Waals surface area contributed by atoms with Crippen LogP contribution < -0.4 is 4.74 Å². The Morgan fingerprint density at radius 2 is 1.65 bits per heavy atom. The van der Waals surface area contributed by atoms with E-state index in [1.54, 1.807) is 61.7 Å². The Hall–Kier alpha value is -2.07. The minimum absolute atomic E-state index is 0.292. The summed E-state index contributed by atoms with van der Waals surface area (Å²) >= 11 is 0. The lowest BCUT2D eigenvalue weighted by Crippen LogP contribution is -2.11. The molecule has 0 aromatic heterocycles. The third-order valence-electron chi connectivity index (χ3n) is 3.06. The van der Waals surface area contributed by atoms with Crippen molar-refractivity contribution >= 4 is 9.84 Å². The maximum absolute atomic E-state index is 12.6. The smallest absolute Gasteiger partial charge is 0.188 e. The molecule has 0 saturated carbocycles. The third kappa shape index (κ3) is 2.75. The largest absolute Gasteiger partial charge is 0.497 e. The van der Waals surface area contributed by atoms with E-state index < -0.39 is 15.1 Å². The van der Waals surface area contributed by atoms with Crippen LogP contribution in [0.25, 0.3) is 0 Å². The van der Waals surface area contributed by atoms with Crippen LogP contribution in [0.4, 0.5) is 0 Å². The fourth-order valence-corrected chi connectivity index (χ4v) is 3.59. The summed E-state index contributed by atoms with van der Waals surface area (Å²) in [5, 5.41) is -0.768.